The molecule has 1 atom stereocenters. The van der Waals surface area contributed by atoms with E-state index in [0.29, 0.717) is 25.2 Å². The molecule has 0 radical (unpaired) electrons. The number of hydrogen-bond donors (Lipinski definition) is 2. The van der Waals surface area contributed by atoms with Crippen LogP contribution in [-0.2, 0) is 11.2 Å². The molecule has 2 N–H and O–H groups in total. The number of carboxylic acids is 1. The fourth-order valence-electron chi connectivity index (χ4n) is 3.44. The Morgan fingerprint density at radius 1 is 1.03 bits per heavy atom. The third-order valence-electron chi connectivity index (χ3n) is 5.30. The molecule has 0 unspecified atom stereocenters. The van der Waals surface area contributed by atoms with Gasteiger partial charge in [0.15, 0.2) is 0 Å². The number of carbonyl (C=O) groups is 1. The number of ether oxygens (including phenoxy) is 1. The topological polar surface area (TPSA) is 70.4 Å². The van der Waals surface area contributed by atoms with Crippen LogP contribution in [0.5, 0.6) is 5.75 Å². The highest BCUT2D eigenvalue weighted by molar-refractivity contribution is 7.15. The van der Waals surface area contributed by atoms with Crippen molar-refractivity contribution in [2.45, 2.75) is 39.0 Å². The average Bonchev–Trinajstić information content (AvgIpc) is 3.23. The summed E-state index contributed by atoms with van der Waals surface area (Å²) in [6.45, 7) is 2.48. The van der Waals surface area contributed by atoms with Gasteiger partial charge in [-0.3, -0.25) is 4.79 Å². The van der Waals surface area contributed by atoms with Crippen molar-refractivity contribution in [3.05, 3.63) is 77.2 Å². The van der Waals surface area contributed by atoms with Gasteiger partial charge >= 0.3 is 5.97 Å². The van der Waals surface area contributed by atoms with Crippen molar-refractivity contribution in [1.29, 1.82) is 5.41 Å². The Labute approximate surface area is 188 Å². The molecule has 3 aromatic rings. The van der Waals surface area contributed by atoms with Gasteiger partial charge in [-0.25, -0.2) is 0 Å². The molecule has 0 saturated carbocycles. The molecule has 0 saturated heterocycles. The lowest BCUT2D eigenvalue weighted by Crippen LogP contribution is -2.20. The minimum absolute atomic E-state index is 0.0197. The van der Waals surface area contributed by atoms with Crippen LogP contribution in [0.4, 0.5) is 0 Å². The van der Waals surface area contributed by atoms with Crippen molar-refractivity contribution in [3.8, 4) is 16.2 Å². The van der Waals surface area contributed by atoms with E-state index in [9.17, 15) is 4.79 Å². The van der Waals surface area contributed by atoms with E-state index in [4.69, 9.17) is 15.3 Å². The Bertz CT molecular complexity index is 979. The van der Waals surface area contributed by atoms with Crippen molar-refractivity contribution in [2.24, 2.45) is 5.92 Å². The number of aliphatic carboxylic acids is 1. The van der Waals surface area contributed by atoms with Gasteiger partial charge in [0.1, 0.15) is 5.75 Å². The lowest BCUT2D eigenvalue weighted by atomic mass is 9.97. The van der Waals surface area contributed by atoms with Gasteiger partial charge in [0.2, 0.25) is 0 Å². The second kappa shape index (κ2) is 11.5. The Balaban J connectivity index is 1.53. The van der Waals surface area contributed by atoms with Crippen LogP contribution in [0.3, 0.4) is 0 Å². The van der Waals surface area contributed by atoms with E-state index >= 15 is 0 Å². The first-order valence-electron chi connectivity index (χ1n) is 10.7. The van der Waals surface area contributed by atoms with Crippen LogP contribution in [0.1, 0.15) is 43.0 Å². The summed E-state index contributed by atoms with van der Waals surface area (Å²) >= 11 is 1.81. The number of carboxylic acid groups (broad SMARTS) is 1. The lowest BCUT2D eigenvalue weighted by molar-refractivity contribution is -0.137. The summed E-state index contributed by atoms with van der Waals surface area (Å²) in [4.78, 5) is 13.2. The molecule has 4 nitrogen and oxygen atoms in total. The van der Waals surface area contributed by atoms with E-state index in [-0.39, 0.29) is 12.3 Å². The first-order valence-corrected chi connectivity index (χ1v) is 11.5. The predicted molar refractivity (Wildman–Crippen MR) is 127 cm³/mol. The van der Waals surface area contributed by atoms with Crippen molar-refractivity contribution in [2.75, 3.05) is 6.61 Å². The van der Waals surface area contributed by atoms with Gasteiger partial charge in [-0.1, -0.05) is 37.3 Å². The fraction of sp³-hybridized carbons (Fsp3) is 0.308. The van der Waals surface area contributed by atoms with E-state index in [1.165, 1.54) is 20.9 Å². The summed E-state index contributed by atoms with van der Waals surface area (Å²) < 4.78 is 5.93. The van der Waals surface area contributed by atoms with E-state index in [1.807, 2.05) is 36.5 Å². The minimum atomic E-state index is -0.810. The lowest BCUT2D eigenvalue weighted by Gasteiger charge is -2.17. The van der Waals surface area contributed by atoms with Crippen LogP contribution in [0.2, 0.25) is 0 Å². The fourth-order valence-corrected chi connectivity index (χ4v) is 4.48. The predicted octanol–water partition coefficient (Wildman–Crippen LogP) is 6.69. The van der Waals surface area contributed by atoms with Gasteiger partial charge in [0, 0.05) is 34.2 Å². The largest absolute Gasteiger partial charge is 0.493 e. The van der Waals surface area contributed by atoms with Crippen LogP contribution in [0.25, 0.3) is 10.4 Å². The summed E-state index contributed by atoms with van der Waals surface area (Å²) in [5, 5.41) is 17.0. The van der Waals surface area contributed by atoms with Gasteiger partial charge < -0.3 is 15.3 Å². The van der Waals surface area contributed by atoms with Crippen LogP contribution in [0.15, 0.2) is 66.7 Å². The maximum atomic E-state index is 10.7. The Kier molecular flexibility index (Phi) is 8.42. The molecule has 0 fully saturated rings. The van der Waals surface area contributed by atoms with Crippen LogP contribution < -0.4 is 4.74 Å². The third-order valence-corrected chi connectivity index (χ3v) is 6.43. The van der Waals surface area contributed by atoms with Crippen molar-refractivity contribution in [1.82, 2.24) is 0 Å². The van der Waals surface area contributed by atoms with Gasteiger partial charge in [-0.2, -0.15) is 0 Å². The molecule has 0 bridgehead atoms. The monoisotopic (exact) mass is 435 g/mol. The number of benzene rings is 2. The molecule has 0 spiro atoms. The smallest absolute Gasteiger partial charge is 0.303 e. The molecule has 1 heterocycles. The molecule has 0 aliphatic heterocycles. The van der Waals surface area contributed by atoms with Gasteiger partial charge in [-0.05, 0) is 66.8 Å². The minimum Gasteiger partial charge on any atom is -0.493 e. The molecule has 3 rings (SSSR count). The second-order valence-corrected chi connectivity index (χ2v) is 8.81. The maximum Gasteiger partial charge on any atom is 0.303 e. The van der Waals surface area contributed by atoms with E-state index in [2.05, 4.69) is 48.5 Å². The van der Waals surface area contributed by atoms with Crippen LogP contribution in [-0.4, -0.2) is 23.4 Å². The highest BCUT2D eigenvalue weighted by atomic mass is 32.1. The van der Waals surface area contributed by atoms with Crippen molar-refractivity contribution < 1.29 is 14.6 Å². The normalized spacial score (nSPS) is 11.8. The van der Waals surface area contributed by atoms with Gasteiger partial charge in [-0.15, -0.1) is 11.3 Å². The number of rotatable bonds is 12. The molecule has 1 aromatic heterocycles. The van der Waals surface area contributed by atoms with E-state index in [0.717, 1.165) is 18.6 Å². The summed E-state index contributed by atoms with van der Waals surface area (Å²) in [6, 6.07) is 23.0. The SMILES string of the molecule is CC[C@H](COc1ccc(-c2ccc(Cc3ccccc3)s2)cc1)C(=N)CCCC(=O)O. The Morgan fingerprint density at radius 2 is 1.77 bits per heavy atom. The average molecular weight is 436 g/mol. The Morgan fingerprint density at radius 3 is 2.45 bits per heavy atom. The summed E-state index contributed by atoms with van der Waals surface area (Å²) in [5.74, 6) is 0.00280. The molecule has 162 valence electrons. The van der Waals surface area contributed by atoms with Gasteiger partial charge in [0.05, 0.1) is 6.61 Å². The zero-order valence-electron chi connectivity index (χ0n) is 17.8. The number of nitrogens with one attached hydrogen (secondary N) is 1. The van der Waals surface area contributed by atoms with Crippen molar-refractivity contribution in [3.63, 3.8) is 0 Å². The number of thiophene rings is 1. The molecule has 2 aromatic carbocycles. The molecule has 0 amide bonds. The summed E-state index contributed by atoms with van der Waals surface area (Å²) in [5.41, 5.74) is 3.06. The second-order valence-electron chi connectivity index (χ2n) is 7.64. The third kappa shape index (κ3) is 7.07. The Hall–Kier alpha value is -2.92. The van der Waals surface area contributed by atoms with Gasteiger partial charge in [0.25, 0.3) is 0 Å². The van der Waals surface area contributed by atoms with E-state index in [1.54, 1.807) is 0 Å². The van der Waals surface area contributed by atoms with E-state index < -0.39 is 5.97 Å². The summed E-state index contributed by atoms with van der Waals surface area (Å²) in [7, 11) is 0. The standard InChI is InChI=1S/C26H29NO3S/c1-2-20(24(27)9-6-10-26(28)29)18-30-22-13-11-21(12-14-22)25-16-15-23(31-25)17-19-7-4-3-5-8-19/h3-5,7-8,11-16,20,27H,2,6,9-10,17-18H2,1H3,(H,28,29)/t20-/m1/s1. The highest BCUT2D eigenvalue weighted by Crippen LogP contribution is 2.30. The zero-order valence-corrected chi connectivity index (χ0v) is 18.7. The zero-order chi connectivity index (χ0) is 22.1. The van der Waals surface area contributed by atoms with Crippen LogP contribution >= 0.6 is 11.3 Å². The number of hydrogen-bond acceptors (Lipinski definition) is 4. The first-order chi connectivity index (χ1) is 15.0. The molecular weight excluding hydrogens is 406 g/mol. The molecule has 0 aliphatic rings. The molecule has 5 heteroatoms. The highest BCUT2D eigenvalue weighted by Gasteiger charge is 2.14. The first kappa shape index (κ1) is 22.8. The van der Waals surface area contributed by atoms with Crippen molar-refractivity contribution >= 4 is 23.0 Å². The molecule has 0 aliphatic carbocycles. The quantitative estimate of drug-likeness (QED) is 0.312. The van der Waals surface area contributed by atoms with Crippen LogP contribution in [0, 0.1) is 11.3 Å². The molecular formula is C26H29NO3S. The summed E-state index contributed by atoms with van der Waals surface area (Å²) in [6.07, 6.45) is 2.88. The molecule has 31 heavy (non-hydrogen) atoms. The maximum absolute atomic E-state index is 10.7.